The summed E-state index contributed by atoms with van der Waals surface area (Å²) in [5, 5.41) is 13.2. The van der Waals surface area contributed by atoms with Crippen molar-refractivity contribution in [1.29, 1.82) is 0 Å². The standard InChI is InChI=1S/C4H8N2O4S.C3H4N2O2.C3H5NO4S2.C3H3NO2S/c7-2-3-1-5-4(6-3)11(8,9)10;6-2-1-4-3(7)5-2;5-2-1-9-3(4-2)10(6,7)8;5-2-1-4-3(6)7-2/h2-6H,1H2,(H,8,9,10);1H2,(H2,4,5,6,7);3H,1H2,(H,4,5)(H,6,7,8);1H2,(H,4,6). The second kappa shape index (κ2) is 13.7. The Morgan fingerprint density at radius 2 is 1.57 bits per heavy atom. The van der Waals surface area contributed by atoms with Gasteiger partial charge in [-0.1, -0.05) is 0 Å². The zero-order valence-electron chi connectivity index (χ0n) is 17.2. The van der Waals surface area contributed by atoms with Crippen LogP contribution in [0.5, 0.6) is 0 Å². The first-order valence-corrected chi connectivity index (χ1v) is 13.8. The maximum atomic E-state index is 10.4. The van der Waals surface area contributed by atoms with E-state index in [2.05, 4.69) is 26.6 Å². The lowest BCUT2D eigenvalue weighted by Crippen LogP contribution is -2.40. The van der Waals surface area contributed by atoms with Gasteiger partial charge in [0, 0.05) is 18.3 Å². The van der Waals surface area contributed by atoms with Crippen molar-refractivity contribution >= 4 is 78.2 Å². The number of urea groups is 1. The van der Waals surface area contributed by atoms with Gasteiger partial charge in [-0.2, -0.15) is 16.8 Å². The Kier molecular flexibility index (Phi) is 12.0. The highest BCUT2D eigenvalue weighted by atomic mass is 32.3. The molecule has 0 aromatic carbocycles. The number of nitrogens with one attached hydrogen (secondary N) is 6. The van der Waals surface area contributed by atoms with E-state index >= 15 is 0 Å². The molecule has 4 saturated heterocycles. The van der Waals surface area contributed by atoms with Crippen LogP contribution in [0.15, 0.2) is 0 Å². The minimum atomic E-state index is -4.13. The molecule has 4 rings (SSSR count). The lowest BCUT2D eigenvalue weighted by atomic mass is 10.4. The van der Waals surface area contributed by atoms with Gasteiger partial charge in [-0.25, -0.2) is 4.79 Å². The number of carbonyl (C=O) groups is 6. The van der Waals surface area contributed by atoms with Crippen molar-refractivity contribution in [3.63, 3.8) is 0 Å². The number of thioether (sulfide) groups is 2. The average Bonchev–Trinajstić information content (AvgIpc) is 3.52. The lowest BCUT2D eigenvalue weighted by molar-refractivity contribution is -0.118. The molecule has 22 heteroatoms. The monoisotopic (exact) mass is 580 g/mol. The SMILES string of the molecule is O=C1CNC(=O)N1.O=C1CNC(=O)S1.O=C1CSC(S(=O)(=O)O)N1.O=CC1CNC(S(=O)(=O)O)N1. The van der Waals surface area contributed by atoms with Gasteiger partial charge in [-0.05, 0) is 0 Å². The Hall–Kier alpha value is -2.34. The van der Waals surface area contributed by atoms with E-state index in [0.29, 0.717) is 6.29 Å². The van der Waals surface area contributed by atoms with E-state index in [9.17, 15) is 45.6 Å². The van der Waals surface area contributed by atoms with Crippen molar-refractivity contribution in [3.8, 4) is 0 Å². The van der Waals surface area contributed by atoms with E-state index in [1.54, 1.807) is 0 Å². The molecular weight excluding hydrogens is 560 g/mol. The van der Waals surface area contributed by atoms with Crippen molar-refractivity contribution in [3.05, 3.63) is 0 Å². The number of rotatable bonds is 3. The fraction of sp³-hybridized carbons (Fsp3) is 0.538. The molecule has 0 aromatic rings. The molecule has 5 amide bonds. The Morgan fingerprint density at radius 3 is 1.77 bits per heavy atom. The molecule has 4 aliphatic rings. The zero-order chi connectivity index (χ0) is 26.8. The van der Waals surface area contributed by atoms with Gasteiger partial charge in [-0.3, -0.25) is 44.2 Å². The van der Waals surface area contributed by atoms with Crippen LogP contribution < -0.4 is 31.9 Å². The summed E-state index contributed by atoms with van der Waals surface area (Å²) in [4.78, 5) is 60.8. The van der Waals surface area contributed by atoms with Gasteiger partial charge in [-0.15, -0.1) is 11.8 Å². The van der Waals surface area contributed by atoms with Gasteiger partial charge in [0.05, 0.1) is 24.9 Å². The van der Waals surface area contributed by atoms with Gasteiger partial charge in [0.15, 0.2) is 5.50 Å². The topological polar surface area (TPSA) is 283 Å². The molecule has 198 valence electrons. The summed E-state index contributed by atoms with van der Waals surface area (Å²) in [7, 11) is -8.23. The van der Waals surface area contributed by atoms with E-state index in [4.69, 9.17) is 9.11 Å². The fourth-order valence-corrected chi connectivity index (χ4v) is 4.97. The third kappa shape index (κ3) is 12.3. The van der Waals surface area contributed by atoms with Crippen LogP contribution in [0.1, 0.15) is 0 Å². The molecule has 0 radical (unpaired) electrons. The first kappa shape index (κ1) is 30.7. The highest BCUT2D eigenvalue weighted by Gasteiger charge is 2.32. The van der Waals surface area contributed by atoms with Crippen LogP contribution in [0, 0.1) is 0 Å². The number of hydrogen-bond donors (Lipinski definition) is 8. The second-order valence-electron chi connectivity index (χ2n) is 6.28. The summed E-state index contributed by atoms with van der Waals surface area (Å²) in [5.74, 6) is -0.539. The van der Waals surface area contributed by atoms with Crippen molar-refractivity contribution in [2.75, 3.05) is 25.4 Å². The number of amides is 5. The van der Waals surface area contributed by atoms with Gasteiger partial charge < -0.3 is 20.7 Å². The molecule has 0 aromatic heterocycles. The largest absolute Gasteiger partial charge is 0.339 e. The van der Waals surface area contributed by atoms with Crippen molar-refractivity contribution in [2.45, 2.75) is 16.2 Å². The smallest absolute Gasteiger partial charge is 0.321 e. The number of imide groups is 1. The van der Waals surface area contributed by atoms with E-state index in [1.165, 1.54) is 0 Å². The Bertz CT molecular complexity index is 1010. The first-order chi connectivity index (χ1) is 16.1. The van der Waals surface area contributed by atoms with Crippen LogP contribution in [0.3, 0.4) is 0 Å². The van der Waals surface area contributed by atoms with Gasteiger partial charge in [0.2, 0.25) is 21.6 Å². The van der Waals surface area contributed by atoms with E-state index < -0.39 is 42.5 Å². The number of hydrogen-bond acceptors (Lipinski definition) is 14. The van der Waals surface area contributed by atoms with Gasteiger partial charge in [0.1, 0.15) is 6.29 Å². The second-order valence-corrected chi connectivity index (χ2v) is 11.7. The van der Waals surface area contributed by atoms with E-state index in [1.807, 2.05) is 5.32 Å². The lowest BCUT2D eigenvalue weighted by Gasteiger charge is -2.05. The molecule has 35 heavy (non-hydrogen) atoms. The predicted molar refractivity (Wildman–Crippen MR) is 120 cm³/mol. The summed E-state index contributed by atoms with van der Waals surface area (Å²) in [6.07, 6.45) is 0.582. The minimum absolute atomic E-state index is 0.0878. The summed E-state index contributed by atoms with van der Waals surface area (Å²) in [6, 6.07) is -0.938. The van der Waals surface area contributed by atoms with Crippen molar-refractivity contribution in [1.82, 2.24) is 31.9 Å². The molecular formula is C13H20N6O12S4. The fourth-order valence-electron chi connectivity index (χ4n) is 2.05. The van der Waals surface area contributed by atoms with Crippen molar-refractivity contribution < 1.29 is 54.7 Å². The highest BCUT2D eigenvalue weighted by Crippen LogP contribution is 2.18. The number of carbonyl (C=O) groups excluding carboxylic acids is 6. The van der Waals surface area contributed by atoms with Crippen LogP contribution in [-0.4, -0.2) is 102 Å². The Balaban J connectivity index is 0.000000238. The maximum Gasteiger partial charge on any atom is 0.321 e. The molecule has 4 fully saturated rings. The average molecular weight is 581 g/mol. The molecule has 4 heterocycles. The number of aldehydes is 1. The normalized spacial score (nSPS) is 25.4. The zero-order valence-corrected chi connectivity index (χ0v) is 20.5. The molecule has 18 nitrogen and oxygen atoms in total. The summed E-state index contributed by atoms with van der Waals surface area (Å²) in [6.45, 7) is 0.538. The van der Waals surface area contributed by atoms with Crippen LogP contribution >= 0.6 is 23.5 Å². The van der Waals surface area contributed by atoms with Crippen LogP contribution in [0.25, 0.3) is 0 Å². The van der Waals surface area contributed by atoms with Crippen molar-refractivity contribution in [2.24, 2.45) is 0 Å². The molecule has 0 spiro atoms. The molecule has 8 N–H and O–H groups in total. The predicted octanol–water partition coefficient (Wildman–Crippen LogP) is -4.27. The Morgan fingerprint density at radius 1 is 0.914 bits per heavy atom. The van der Waals surface area contributed by atoms with Crippen LogP contribution in [0.4, 0.5) is 9.59 Å². The molecule has 0 saturated carbocycles. The van der Waals surface area contributed by atoms with E-state index in [-0.39, 0.29) is 47.6 Å². The third-order valence-electron chi connectivity index (χ3n) is 3.51. The molecule has 3 unspecified atom stereocenters. The first-order valence-electron chi connectivity index (χ1n) is 8.96. The van der Waals surface area contributed by atoms with E-state index in [0.717, 1.165) is 23.5 Å². The maximum absolute atomic E-state index is 10.4. The van der Waals surface area contributed by atoms with Crippen LogP contribution in [0.2, 0.25) is 0 Å². The molecule has 3 atom stereocenters. The molecule has 0 bridgehead atoms. The Labute approximate surface area is 206 Å². The van der Waals surface area contributed by atoms with Gasteiger partial charge >= 0.3 is 6.03 Å². The summed E-state index contributed by atoms with van der Waals surface area (Å²) in [5.41, 5.74) is -1.21. The molecule has 4 aliphatic heterocycles. The molecule has 0 aliphatic carbocycles. The third-order valence-corrected chi connectivity index (χ3v) is 7.76. The van der Waals surface area contributed by atoms with Gasteiger partial charge in [0.25, 0.3) is 25.5 Å². The quantitative estimate of drug-likeness (QED) is 0.0890. The highest BCUT2D eigenvalue weighted by molar-refractivity contribution is 8.26. The minimum Gasteiger partial charge on any atom is -0.339 e. The summed E-state index contributed by atoms with van der Waals surface area (Å²) < 4.78 is 57.1. The summed E-state index contributed by atoms with van der Waals surface area (Å²) >= 11 is 1.59. The van der Waals surface area contributed by atoms with Crippen LogP contribution in [-0.2, 0) is 39.4 Å².